The third-order valence-corrected chi connectivity index (χ3v) is 3.95. The van der Waals surface area contributed by atoms with E-state index in [0.717, 1.165) is 6.26 Å². The quantitative estimate of drug-likeness (QED) is 0.494. The molecule has 0 N–H and O–H groups in total. The third kappa shape index (κ3) is 6.27. The molecular weight excluding hydrogens is 180 g/mol. The van der Waals surface area contributed by atoms with Gasteiger partial charge in [0.05, 0.1) is 12.5 Å². The van der Waals surface area contributed by atoms with E-state index in [1.54, 1.807) is 5.70 Å². The summed E-state index contributed by atoms with van der Waals surface area (Å²) in [4.78, 5) is 0. The molecule has 0 aliphatic carbocycles. The van der Waals surface area contributed by atoms with Crippen LogP contribution in [-0.4, -0.2) is 29.0 Å². The molecule has 0 amide bonds. The minimum absolute atomic E-state index is 0.287. The first-order valence-corrected chi connectivity index (χ1v) is 8.35. The zero-order chi connectivity index (χ0) is 9.12. The van der Waals surface area contributed by atoms with Crippen molar-refractivity contribution in [3.05, 3.63) is 12.3 Å². The highest BCUT2D eigenvalue weighted by molar-refractivity contribution is 7.86. The summed E-state index contributed by atoms with van der Waals surface area (Å²) in [6, 6.07) is 0. The fourth-order valence-corrected chi connectivity index (χ4v) is 2.51. The molecule has 0 atom stereocenters. The molecule has 66 valence electrons. The summed E-state index contributed by atoms with van der Waals surface area (Å²) in [5.74, 6) is 0. The zero-order valence-corrected chi connectivity index (χ0v) is 8.94. The molecule has 0 spiro atoms. The van der Waals surface area contributed by atoms with Crippen molar-refractivity contribution in [1.29, 1.82) is 0 Å². The predicted molar refractivity (Wildman–Crippen MR) is 48.5 cm³/mol. The van der Waals surface area contributed by atoms with E-state index in [9.17, 15) is 8.42 Å². The van der Waals surface area contributed by atoms with Crippen molar-refractivity contribution in [3.63, 3.8) is 0 Å². The molecule has 3 nitrogen and oxygen atoms in total. The van der Waals surface area contributed by atoms with E-state index in [1.165, 1.54) is 0 Å². The van der Waals surface area contributed by atoms with E-state index in [1.807, 2.05) is 13.1 Å². The average molecular weight is 194 g/mol. The molecule has 0 rings (SSSR count). The van der Waals surface area contributed by atoms with Crippen molar-refractivity contribution >= 4 is 18.2 Å². The molecule has 0 aromatic rings. The molecule has 0 unspecified atom stereocenters. The van der Waals surface area contributed by atoms with Crippen molar-refractivity contribution in [2.75, 3.05) is 12.5 Å². The third-order valence-electron chi connectivity index (χ3n) is 1.20. The standard InChI is InChI=1S/C6H14O3SSi/c1-5-11(3,4)6-9-10(2,7)8/h5H,1,6H2,2-4H3. The van der Waals surface area contributed by atoms with Crippen LogP contribution in [0.3, 0.4) is 0 Å². The number of rotatable bonds is 4. The lowest BCUT2D eigenvalue weighted by atomic mass is 11.3. The van der Waals surface area contributed by atoms with Crippen molar-refractivity contribution in [2.45, 2.75) is 13.1 Å². The second kappa shape index (κ2) is 3.51. The van der Waals surface area contributed by atoms with Crippen molar-refractivity contribution < 1.29 is 12.6 Å². The minimum Gasteiger partial charge on any atom is -0.273 e. The predicted octanol–water partition coefficient (Wildman–Crippen LogP) is 0.935. The van der Waals surface area contributed by atoms with E-state index < -0.39 is 18.2 Å². The SMILES string of the molecule is C=C[Si](C)(C)COS(C)(=O)=O. The molecule has 0 radical (unpaired) electrons. The van der Waals surface area contributed by atoms with Crippen LogP contribution in [0.2, 0.25) is 13.1 Å². The molecule has 0 saturated heterocycles. The minimum atomic E-state index is -3.28. The lowest BCUT2D eigenvalue weighted by Gasteiger charge is -2.15. The Morgan fingerprint density at radius 2 is 2.00 bits per heavy atom. The van der Waals surface area contributed by atoms with Crippen molar-refractivity contribution in [1.82, 2.24) is 0 Å². The summed E-state index contributed by atoms with van der Waals surface area (Å²) in [5.41, 5.74) is 1.80. The zero-order valence-electron chi connectivity index (χ0n) is 7.12. The fraction of sp³-hybridized carbons (Fsp3) is 0.667. The molecule has 0 aliphatic heterocycles. The smallest absolute Gasteiger partial charge is 0.264 e. The molecule has 0 aromatic carbocycles. The average Bonchev–Trinajstić information content (AvgIpc) is 1.83. The highest BCUT2D eigenvalue weighted by atomic mass is 32.2. The van der Waals surface area contributed by atoms with Crippen LogP contribution in [-0.2, 0) is 14.3 Å². The Hall–Kier alpha value is -0.133. The second-order valence-electron chi connectivity index (χ2n) is 3.16. The van der Waals surface area contributed by atoms with Gasteiger partial charge < -0.3 is 0 Å². The Morgan fingerprint density at radius 3 is 2.27 bits per heavy atom. The molecule has 0 aromatic heterocycles. The van der Waals surface area contributed by atoms with Gasteiger partial charge in [0.1, 0.15) is 8.07 Å². The van der Waals surface area contributed by atoms with Gasteiger partial charge >= 0.3 is 0 Å². The summed E-state index contributed by atoms with van der Waals surface area (Å²) < 4.78 is 25.8. The van der Waals surface area contributed by atoms with Gasteiger partial charge in [-0.15, -0.1) is 6.58 Å². The first-order chi connectivity index (χ1) is 4.77. The van der Waals surface area contributed by atoms with Crippen molar-refractivity contribution in [2.24, 2.45) is 0 Å². The highest BCUT2D eigenvalue weighted by Crippen LogP contribution is 2.04. The summed E-state index contributed by atoms with van der Waals surface area (Å²) in [6.07, 6.45) is 1.34. The second-order valence-corrected chi connectivity index (χ2v) is 9.48. The van der Waals surface area contributed by atoms with Gasteiger partial charge in [-0.25, -0.2) is 0 Å². The van der Waals surface area contributed by atoms with Crippen LogP contribution in [0.15, 0.2) is 12.3 Å². The van der Waals surface area contributed by atoms with Gasteiger partial charge in [-0.2, -0.15) is 8.42 Å². The van der Waals surface area contributed by atoms with Crippen molar-refractivity contribution in [3.8, 4) is 0 Å². The summed E-state index contributed by atoms with van der Waals surface area (Å²) in [7, 11) is -4.91. The van der Waals surface area contributed by atoms with Crippen LogP contribution < -0.4 is 0 Å². The fourth-order valence-electron chi connectivity index (χ4n) is 0.318. The first kappa shape index (κ1) is 10.9. The molecule has 0 saturated carbocycles. The summed E-state index contributed by atoms with van der Waals surface area (Å²) in [5, 5.41) is 0. The lowest BCUT2D eigenvalue weighted by Crippen LogP contribution is -2.31. The molecule has 0 aliphatic rings. The molecular formula is C6H14O3SSi. The van der Waals surface area contributed by atoms with Gasteiger partial charge in [0, 0.05) is 0 Å². The van der Waals surface area contributed by atoms with Gasteiger partial charge in [-0.1, -0.05) is 18.8 Å². The Morgan fingerprint density at radius 1 is 1.55 bits per heavy atom. The van der Waals surface area contributed by atoms with Crippen LogP contribution in [0, 0.1) is 0 Å². The highest BCUT2D eigenvalue weighted by Gasteiger charge is 2.18. The first-order valence-electron chi connectivity index (χ1n) is 3.25. The van der Waals surface area contributed by atoms with Gasteiger partial charge in [-0.3, -0.25) is 4.18 Å². The van der Waals surface area contributed by atoms with E-state index in [4.69, 9.17) is 0 Å². The Balaban J connectivity index is 4.00. The number of hydrogen-bond acceptors (Lipinski definition) is 3. The summed E-state index contributed by atoms with van der Waals surface area (Å²) in [6.45, 7) is 7.60. The topological polar surface area (TPSA) is 43.4 Å². The number of hydrogen-bond donors (Lipinski definition) is 0. The van der Waals surface area contributed by atoms with E-state index >= 15 is 0 Å². The van der Waals surface area contributed by atoms with Crippen LogP contribution in [0.4, 0.5) is 0 Å². The largest absolute Gasteiger partial charge is 0.273 e. The van der Waals surface area contributed by atoms with Gasteiger partial charge in [0.25, 0.3) is 10.1 Å². The molecule has 5 heteroatoms. The normalized spacial score (nSPS) is 13.0. The molecule has 11 heavy (non-hydrogen) atoms. The van der Waals surface area contributed by atoms with E-state index in [-0.39, 0.29) is 6.23 Å². The summed E-state index contributed by atoms with van der Waals surface area (Å²) >= 11 is 0. The van der Waals surface area contributed by atoms with Crippen LogP contribution in [0.5, 0.6) is 0 Å². The lowest BCUT2D eigenvalue weighted by molar-refractivity contribution is 0.375. The maximum absolute atomic E-state index is 10.6. The molecule has 0 bridgehead atoms. The maximum atomic E-state index is 10.6. The monoisotopic (exact) mass is 194 g/mol. The Kier molecular flexibility index (Phi) is 3.47. The van der Waals surface area contributed by atoms with E-state index in [2.05, 4.69) is 10.8 Å². The van der Waals surface area contributed by atoms with Gasteiger partial charge in [0.2, 0.25) is 0 Å². The molecule has 0 heterocycles. The van der Waals surface area contributed by atoms with Gasteiger partial charge in [-0.05, 0) is 0 Å². The van der Waals surface area contributed by atoms with Gasteiger partial charge in [0.15, 0.2) is 0 Å². The van der Waals surface area contributed by atoms with Crippen LogP contribution in [0.1, 0.15) is 0 Å². The maximum Gasteiger partial charge on any atom is 0.264 e. The Bertz CT molecular complexity index is 230. The van der Waals surface area contributed by atoms with E-state index in [0.29, 0.717) is 0 Å². The van der Waals surface area contributed by atoms with Crippen LogP contribution >= 0.6 is 0 Å². The Labute approximate surface area is 69.2 Å². The molecule has 0 fully saturated rings. The van der Waals surface area contributed by atoms with Crippen LogP contribution in [0.25, 0.3) is 0 Å².